The van der Waals surface area contributed by atoms with E-state index in [1.54, 1.807) is 24.3 Å². The third-order valence-corrected chi connectivity index (χ3v) is 2.99. The topological polar surface area (TPSA) is 40.5 Å². The van der Waals surface area contributed by atoms with Gasteiger partial charge >= 0.3 is 0 Å². The normalized spacial score (nSPS) is 10.9. The zero-order valence-electron chi connectivity index (χ0n) is 10.7. The van der Waals surface area contributed by atoms with Gasteiger partial charge in [-0.25, -0.2) is 0 Å². The minimum Gasteiger partial charge on any atom is -0.395 e. The summed E-state index contributed by atoms with van der Waals surface area (Å²) in [4.78, 5) is 14.0. The van der Waals surface area contributed by atoms with Gasteiger partial charge in [-0.05, 0) is 25.1 Å². The Kier molecular flexibility index (Phi) is 6.94. The van der Waals surface area contributed by atoms with Crippen LogP contribution < -0.4 is 0 Å². The lowest BCUT2D eigenvalue weighted by Crippen LogP contribution is -2.33. The average Bonchev–Trinajstić information content (AvgIpc) is 2.36. The van der Waals surface area contributed by atoms with Crippen LogP contribution in [0.5, 0.6) is 0 Å². The first-order chi connectivity index (χ1) is 8.67. The van der Waals surface area contributed by atoms with Crippen molar-refractivity contribution in [3.05, 3.63) is 34.9 Å². The Morgan fingerprint density at radius 2 is 2.17 bits per heavy atom. The molecule has 0 saturated heterocycles. The molecule has 0 unspecified atom stereocenters. The molecule has 1 N–H and O–H groups in total. The molecule has 0 spiro atoms. The lowest BCUT2D eigenvalue weighted by Gasteiger charge is -2.20. The van der Waals surface area contributed by atoms with Gasteiger partial charge in [0, 0.05) is 17.1 Å². The summed E-state index contributed by atoms with van der Waals surface area (Å²) in [5.41, 5.74) is 0.627. The van der Waals surface area contributed by atoms with Crippen molar-refractivity contribution < 1.29 is 9.90 Å². The smallest absolute Gasteiger partial charge is 0.176 e. The molecule has 1 rings (SSSR count). The van der Waals surface area contributed by atoms with Gasteiger partial charge in [0.2, 0.25) is 0 Å². The molecule has 0 heterocycles. The third-order valence-electron chi connectivity index (χ3n) is 2.76. The van der Waals surface area contributed by atoms with Crippen molar-refractivity contribution in [2.75, 3.05) is 26.2 Å². The van der Waals surface area contributed by atoms with E-state index in [0.29, 0.717) is 23.7 Å². The van der Waals surface area contributed by atoms with Crippen LogP contribution in [-0.2, 0) is 0 Å². The third kappa shape index (κ3) is 5.17. The Labute approximate surface area is 113 Å². The van der Waals surface area contributed by atoms with Gasteiger partial charge in [0.05, 0.1) is 13.2 Å². The van der Waals surface area contributed by atoms with Crippen LogP contribution in [0, 0.1) is 0 Å². The van der Waals surface area contributed by atoms with Crippen LogP contribution in [0.2, 0.25) is 5.02 Å². The van der Waals surface area contributed by atoms with E-state index in [1.807, 2.05) is 4.90 Å². The Hall–Kier alpha value is -0.900. The number of aliphatic hydroxyl groups excluding tert-OH is 1. The lowest BCUT2D eigenvalue weighted by molar-refractivity contribution is 0.0913. The monoisotopic (exact) mass is 269 g/mol. The van der Waals surface area contributed by atoms with E-state index in [9.17, 15) is 4.79 Å². The first-order valence-electron chi connectivity index (χ1n) is 6.29. The molecule has 1 aromatic carbocycles. The molecule has 0 aliphatic heterocycles. The molecule has 0 amide bonds. The maximum Gasteiger partial charge on any atom is 0.176 e. The Balaban J connectivity index is 2.59. The molecule has 0 aromatic heterocycles. The Morgan fingerprint density at radius 1 is 1.39 bits per heavy atom. The second-order valence-corrected chi connectivity index (χ2v) is 4.72. The molecule has 1 aromatic rings. The van der Waals surface area contributed by atoms with Crippen LogP contribution in [0.15, 0.2) is 24.3 Å². The van der Waals surface area contributed by atoms with Crippen molar-refractivity contribution in [3.8, 4) is 0 Å². The molecule has 0 atom stereocenters. The summed E-state index contributed by atoms with van der Waals surface area (Å²) < 4.78 is 0. The summed E-state index contributed by atoms with van der Waals surface area (Å²) >= 11 is 5.86. The molecule has 3 nitrogen and oxygen atoms in total. The van der Waals surface area contributed by atoms with E-state index in [2.05, 4.69) is 6.92 Å². The molecule has 100 valence electrons. The van der Waals surface area contributed by atoms with E-state index in [1.165, 1.54) is 0 Å². The molecular formula is C14H20ClNO2. The number of aliphatic hydroxyl groups is 1. The number of carbonyl (C=O) groups is 1. The molecule has 18 heavy (non-hydrogen) atoms. The number of halogens is 1. The number of hydrogen-bond donors (Lipinski definition) is 1. The van der Waals surface area contributed by atoms with Crippen molar-refractivity contribution >= 4 is 17.4 Å². The van der Waals surface area contributed by atoms with Crippen molar-refractivity contribution in [1.82, 2.24) is 4.90 Å². The SMILES string of the molecule is CCCCN(CCO)CC(=O)c1cccc(Cl)c1. The van der Waals surface area contributed by atoms with Crippen LogP contribution in [0.4, 0.5) is 0 Å². The highest BCUT2D eigenvalue weighted by atomic mass is 35.5. The molecule has 0 bridgehead atoms. The number of Topliss-reactive ketones (excluding diaryl/α,β-unsaturated/α-hetero) is 1. The van der Waals surface area contributed by atoms with E-state index in [4.69, 9.17) is 16.7 Å². The number of rotatable bonds is 8. The van der Waals surface area contributed by atoms with Crippen LogP contribution in [-0.4, -0.2) is 42.0 Å². The zero-order chi connectivity index (χ0) is 13.4. The molecule has 0 fully saturated rings. The van der Waals surface area contributed by atoms with Crippen LogP contribution in [0.1, 0.15) is 30.1 Å². The highest BCUT2D eigenvalue weighted by molar-refractivity contribution is 6.31. The number of unbranched alkanes of at least 4 members (excludes halogenated alkanes) is 1. The Morgan fingerprint density at radius 3 is 2.78 bits per heavy atom. The highest BCUT2D eigenvalue weighted by Crippen LogP contribution is 2.11. The van der Waals surface area contributed by atoms with E-state index in [-0.39, 0.29) is 12.4 Å². The van der Waals surface area contributed by atoms with E-state index < -0.39 is 0 Å². The highest BCUT2D eigenvalue weighted by Gasteiger charge is 2.12. The summed E-state index contributed by atoms with van der Waals surface area (Å²) in [6.45, 7) is 3.89. The standard InChI is InChI=1S/C14H20ClNO2/c1-2-3-7-16(8-9-17)11-14(18)12-5-4-6-13(15)10-12/h4-6,10,17H,2-3,7-9,11H2,1H3. The summed E-state index contributed by atoms with van der Waals surface area (Å²) in [6, 6.07) is 6.98. The number of carbonyl (C=O) groups excluding carboxylic acids is 1. The predicted molar refractivity (Wildman–Crippen MR) is 74.2 cm³/mol. The summed E-state index contributed by atoms with van der Waals surface area (Å²) in [5.74, 6) is 0.0436. The number of nitrogens with zero attached hydrogens (tertiary/aromatic N) is 1. The largest absolute Gasteiger partial charge is 0.395 e. The van der Waals surface area contributed by atoms with Gasteiger partial charge in [-0.2, -0.15) is 0 Å². The predicted octanol–water partition coefficient (Wildman–Crippen LogP) is 2.62. The van der Waals surface area contributed by atoms with Gasteiger partial charge < -0.3 is 5.11 Å². The van der Waals surface area contributed by atoms with Gasteiger partial charge in [0.1, 0.15) is 0 Å². The van der Waals surface area contributed by atoms with E-state index in [0.717, 1.165) is 19.4 Å². The maximum absolute atomic E-state index is 12.1. The van der Waals surface area contributed by atoms with Gasteiger partial charge in [-0.1, -0.05) is 37.1 Å². The first kappa shape index (κ1) is 15.2. The quantitative estimate of drug-likeness (QED) is 0.738. The summed E-state index contributed by atoms with van der Waals surface area (Å²) in [6.07, 6.45) is 2.11. The van der Waals surface area contributed by atoms with Crippen molar-refractivity contribution in [2.45, 2.75) is 19.8 Å². The number of ketones is 1. The average molecular weight is 270 g/mol. The summed E-state index contributed by atoms with van der Waals surface area (Å²) in [5, 5.41) is 9.56. The van der Waals surface area contributed by atoms with Crippen molar-refractivity contribution in [1.29, 1.82) is 0 Å². The van der Waals surface area contributed by atoms with Crippen molar-refractivity contribution in [3.63, 3.8) is 0 Å². The molecule has 0 aliphatic rings. The minimum atomic E-state index is 0.0436. The Bertz CT molecular complexity index is 382. The molecule has 0 saturated carbocycles. The zero-order valence-corrected chi connectivity index (χ0v) is 11.5. The summed E-state index contributed by atoms with van der Waals surface area (Å²) in [7, 11) is 0. The maximum atomic E-state index is 12.1. The molecule has 4 heteroatoms. The first-order valence-corrected chi connectivity index (χ1v) is 6.67. The second kappa shape index (κ2) is 8.25. The number of hydrogen-bond acceptors (Lipinski definition) is 3. The van der Waals surface area contributed by atoms with E-state index >= 15 is 0 Å². The fraction of sp³-hybridized carbons (Fsp3) is 0.500. The number of benzene rings is 1. The van der Waals surface area contributed by atoms with Crippen molar-refractivity contribution in [2.24, 2.45) is 0 Å². The lowest BCUT2D eigenvalue weighted by atomic mass is 10.1. The van der Waals surface area contributed by atoms with Gasteiger partial charge in [0.15, 0.2) is 5.78 Å². The van der Waals surface area contributed by atoms with Gasteiger partial charge in [0.25, 0.3) is 0 Å². The van der Waals surface area contributed by atoms with Gasteiger partial charge in [-0.15, -0.1) is 0 Å². The fourth-order valence-corrected chi connectivity index (χ4v) is 1.94. The molecule has 0 aliphatic carbocycles. The second-order valence-electron chi connectivity index (χ2n) is 4.29. The van der Waals surface area contributed by atoms with Crippen LogP contribution >= 0.6 is 11.6 Å². The van der Waals surface area contributed by atoms with Crippen LogP contribution in [0.3, 0.4) is 0 Å². The minimum absolute atomic E-state index is 0.0436. The molecular weight excluding hydrogens is 250 g/mol. The fourth-order valence-electron chi connectivity index (χ4n) is 1.75. The van der Waals surface area contributed by atoms with Crippen LogP contribution in [0.25, 0.3) is 0 Å². The van der Waals surface area contributed by atoms with Gasteiger partial charge in [-0.3, -0.25) is 9.69 Å². The molecule has 0 radical (unpaired) electrons.